The Morgan fingerprint density at radius 2 is 2.05 bits per heavy atom. The molecular weight excluding hydrogens is 333 g/mol. The molecule has 2 aromatic rings. The lowest BCUT2D eigenvalue weighted by Crippen LogP contribution is -2.23. The highest BCUT2D eigenvalue weighted by atomic mass is 79.9. The number of nitrogens with one attached hydrogen (secondary N) is 1. The summed E-state index contributed by atoms with van der Waals surface area (Å²) in [6, 6.07) is 11.2. The van der Waals surface area contributed by atoms with Crippen molar-refractivity contribution >= 4 is 33.4 Å². The fraction of sp³-hybridized carbons (Fsp3) is 0.0714. The second-order valence-corrected chi connectivity index (χ2v) is 5.23. The van der Waals surface area contributed by atoms with Crippen LogP contribution in [0.1, 0.15) is 15.9 Å². The molecule has 0 bridgehead atoms. The highest BCUT2D eigenvalue weighted by molar-refractivity contribution is 9.10. The average molecular weight is 343 g/mol. The molecule has 0 heterocycles. The maximum absolute atomic E-state index is 12.9. The molecule has 0 saturated carbocycles. The van der Waals surface area contributed by atoms with Crippen molar-refractivity contribution in [2.45, 2.75) is 6.54 Å². The number of carbonyl (C=O) groups excluding carboxylic acids is 1. The molecule has 0 fully saturated rings. The van der Waals surface area contributed by atoms with E-state index in [4.69, 9.17) is 11.6 Å². The summed E-state index contributed by atoms with van der Waals surface area (Å²) in [5, 5.41) is 3.37. The van der Waals surface area contributed by atoms with Gasteiger partial charge in [0.1, 0.15) is 5.82 Å². The molecule has 0 saturated heterocycles. The third kappa shape index (κ3) is 3.78. The molecule has 2 nitrogen and oxygen atoms in total. The zero-order valence-electron chi connectivity index (χ0n) is 9.79. The van der Waals surface area contributed by atoms with Crippen molar-refractivity contribution in [1.82, 2.24) is 5.32 Å². The van der Waals surface area contributed by atoms with Gasteiger partial charge in [0.05, 0.1) is 5.56 Å². The second kappa shape index (κ2) is 6.17. The molecule has 1 N–H and O–H groups in total. The Balaban J connectivity index is 2.05. The summed E-state index contributed by atoms with van der Waals surface area (Å²) in [7, 11) is 0. The SMILES string of the molecule is O=C(NCc1cccc(Cl)c1)c1ccc(F)cc1Br. The first-order chi connectivity index (χ1) is 9.06. The molecular formula is C14H10BrClFNO. The highest BCUT2D eigenvalue weighted by Gasteiger charge is 2.10. The summed E-state index contributed by atoms with van der Waals surface area (Å²) in [6.07, 6.45) is 0. The smallest absolute Gasteiger partial charge is 0.252 e. The summed E-state index contributed by atoms with van der Waals surface area (Å²) in [4.78, 5) is 11.9. The van der Waals surface area contributed by atoms with Crippen LogP contribution in [0, 0.1) is 5.82 Å². The van der Waals surface area contributed by atoms with Gasteiger partial charge >= 0.3 is 0 Å². The largest absolute Gasteiger partial charge is 0.348 e. The van der Waals surface area contributed by atoms with Crippen LogP contribution >= 0.6 is 27.5 Å². The Morgan fingerprint density at radius 3 is 2.74 bits per heavy atom. The Hall–Kier alpha value is -1.39. The minimum absolute atomic E-state index is 0.271. The van der Waals surface area contributed by atoms with Crippen LogP contribution in [0.2, 0.25) is 5.02 Å². The third-order valence-corrected chi connectivity index (χ3v) is 3.41. The quantitative estimate of drug-likeness (QED) is 0.891. The predicted molar refractivity (Wildman–Crippen MR) is 76.7 cm³/mol. The van der Waals surface area contributed by atoms with Crippen LogP contribution in [0.15, 0.2) is 46.9 Å². The maximum Gasteiger partial charge on any atom is 0.252 e. The van der Waals surface area contributed by atoms with E-state index < -0.39 is 5.82 Å². The monoisotopic (exact) mass is 341 g/mol. The van der Waals surface area contributed by atoms with E-state index in [-0.39, 0.29) is 5.91 Å². The molecule has 0 aromatic heterocycles. The van der Waals surface area contributed by atoms with E-state index in [1.807, 2.05) is 12.1 Å². The van der Waals surface area contributed by atoms with Crippen LogP contribution in [-0.2, 0) is 6.54 Å². The van der Waals surface area contributed by atoms with Crippen LogP contribution in [0.5, 0.6) is 0 Å². The number of carbonyl (C=O) groups is 1. The lowest BCUT2D eigenvalue weighted by atomic mass is 10.2. The van der Waals surface area contributed by atoms with Gasteiger partial charge in [0.25, 0.3) is 5.91 Å². The van der Waals surface area contributed by atoms with E-state index in [9.17, 15) is 9.18 Å². The minimum Gasteiger partial charge on any atom is -0.348 e. The number of amides is 1. The molecule has 0 aliphatic heterocycles. The fourth-order valence-electron chi connectivity index (χ4n) is 1.60. The maximum atomic E-state index is 12.9. The van der Waals surface area contributed by atoms with Gasteiger partial charge in [-0.1, -0.05) is 23.7 Å². The van der Waals surface area contributed by atoms with Crippen molar-refractivity contribution in [2.75, 3.05) is 0 Å². The topological polar surface area (TPSA) is 29.1 Å². The van der Waals surface area contributed by atoms with Gasteiger partial charge in [0.2, 0.25) is 0 Å². The molecule has 5 heteroatoms. The van der Waals surface area contributed by atoms with Gasteiger partial charge in [-0.2, -0.15) is 0 Å². The number of benzene rings is 2. The summed E-state index contributed by atoms with van der Waals surface area (Å²) < 4.78 is 13.4. The van der Waals surface area contributed by atoms with Crippen molar-refractivity contribution in [1.29, 1.82) is 0 Å². The van der Waals surface area contributed by atoms with Gasteiger partial charge in [-0.05, 0) is 51.8 Å². The number of hydrogen-bond donors (Lipinski definition) is 1. The summed E-state index contributed by atoms with van der Waals surface area (Å²) in [5.74, 6) is -0.662. The third-order valence-electron chi connectivity index (χ3n) is 2.52. The number of hydrogen-bond acceptors (Lipinski definition) is 1. The van der Waals surface area contributed by atoms with E-state index in [1.54, 1.807) is 12.1 Å². The summed E-state index contributed by atoms with van der Waals surface area (Å²) >= 11 is 9.02. The van der Waals surface area contributed by atoms with Gasteiger partial charge in [0.15, 0.2) is 0 Å². The fourth-order valence-corrected chi connectivity index (χ4v) is 2.34. The minimum atomic E-state index is -0.390. The standard InChI is InChI=1S/C14H10BrClFNO/c15-13-7-11(17)4-5-12(13)14(19)18-8-9-2-1-3-10(16)6-9/h1-7H,8H2,(H,18,19). The first-order valence-corrected chi connectivity index (χ1v) is 6.71. The lowest BCUT2D eigenvalue weighted by Gasteiger charge is -2.07. The number of rotatable bonds is 3. The van der Waals surface area contributed by atoms with E-state index >= 15 is 0 Å². The van der Waals surface area contributed by atoms with Gasteiger partial charge in [-0.3, -0.25) is 4.79 Å². The molecule has 0 aliphatic carbocycles. The van der Waals surface area contributed by atoms with Crippen molar-refractivity contribution in [3.05, 3.63) is 68.9 Å². The normalized spacial score (nSPS) is 10.3. The summed E-state index contributed by atoms with van der Waals surface area (Å²) in [6.45, 7) is 0.364. The average Bonchev–Trinajstić information content (AvgIpc) is 2.36. The van der Waals surface area contributed by atoms with Gasteiger partial charge in [-0.25, -0.2) is 4.39 Å². The molecule has 2 rings (SSSR count). The Kier molecular flexibility index (Phi) is 4.56. The van der Waals surface area contributed by atoms with E-state index in [2.05, 4.69) is 21.2 Å². The Bertz CT molecular complexity index is 618. The van der Waals surface area contributed by atoms with E-state index in [1.165, 1.54) is 18.2 Å². The van der Waals surface area contributed by atoms with E-state index in [0.29, 0.717) is 21.6 Å². The molecule has 2 aromatic carbocycles. The van der Waals surface area contributed by atoms with Gasteiger partial charge in [0, 0.05) is 16.0 Å². The van der Waals surface area contributed by atoms with Crippen LogP contribution in [0.3, 0.4) is 0 Å². The number of halogens is 3. The Labute approximate surface area is 123 Å². The Morgan fingerprint density at radius 1 is 1.26 bits per heavy atom. The first-order valence-electron chi connectivity index (χ1n) is 5.54. The van der Waals surface area contributed by atoms with Crippen LogP contribution in [0.25, 0.3) is 0 Å². The summed E-state index contributed by atoms with van der Waals surface area (Å²) in [5.41, 5.74) is 1.29. The second-order valence-electron chi connectivity index (χ2n) is 3.94. The van der Waals surface area contributed by atoms with Crippen molar-refractivity contribution in [2.24, 2.45) is 0 Å². The highest BCUT2D eigenvalue weighted by Crippen LogP contribution is 2.18. The van der Waals surface area contributed by atoms with Crippen LogP contribution in [0.4, 0.5) is 4.39 Å². The molecule has 0 radical (unpaired) electrons. The molecule has 98 valence electrons. The van der Waals surface area contributed by atoms with E-state index in [0.717, 1.165) is 5.56 Å². The zero-order valence-corrected chi connectivity index (χ0v) is 12.1. The molecule has 0 unspecified atom stereocenters. The van der Waals surface area contributed by atoms with Gasteiger partial charge in [-0.15, -0.1) is 0 Å². The van der Waals surface area contributed by atoms with Crippen LogP contribution < -0.4 is 5.32 Å². The lowest BCUT2D eigenvalue weighted by molar-refractivity contribution is 0.0950. The molecule has 19 heavy (non-hydrogen) atoms. The first kappa shape index (κ1) is 14.0. The van der Waals surface area contributed by atoms with Crippen molar-refractivity contribution in [3.63, 3.8) is 0 Å². The molecule has 0 aliphatic rings. The van der Waals surface area contributed by atoms with Crippen molar-refractivity contribution < 1.29 is 9.18 Å². The van der Waals surface area contributed by atoms with Crippen LogP contribution in [-0.4, -0.2) is 5.91 Å². The zero-order chi connectivity index (χ0) is 13.8. The molecule has 1 amide bonds. The molecule has 0 atom stereocenters. The van der Waals surface area contributed by atoms with Gasteiger partial charge < -0.3 is 5.32 Å². The molecule has 0 spiro atoms. The predicted octanol–water partition coefficient (Wildman–Crippen LogP) is 4.17. The van der Waals surface area contributed by atoms with Crippen molar-refractivity contribution in [3.8, 4) is 0 Å².